The van der Waals surface area contributed by atoms with Gasteiger partial charge in [-0.05, 0) is 18.9 Å². The quantitative estimate of drug-likeness (QED) is 0.873. The summed E-state index contributed by atoms with van der Waals surface area (Å²) in [5.41, 5.74) is 0.735. The Bertz CT molecular complexity index is 672. The summed E-state index contributed by atoms with van der Waals surface area (Å²) in [7, 11) is 0. The molecule has 2 aromatic rings. The molecule has 0 aromatic carbocycles. The summed E-state index contributed by atoms with van der Waals surface area (Å²) in [5, 5.41) is 13.0. The number of nitrogens with zero attached hydrogens (tertiary/aromatic N) is 3. The summed E-state index contributed by atoms with van der Waals surface area (Å²) in [6, 6.07) is 3.03. The van der Waals surface area contributed by atoms with Crippen molar-refractivity contribution in [3.8, 4) is 0 Å². The number of aryl methyl sites for hydroxylation is 1. The summed E-state index contributed by atoms with van der Waals surface area (Å²) < 4.78 is 28.2. The highest BCUT2D eigenvalue weighted by Gasteiger charge is 2.20. The molecule has 3 heterocycles. The van der Waals surface area contributed by atoms with E-state index >= 15 is 0 Å². The number of anilines is 1. The molecule has 1 amide bonds. The maximum Gasteiger partial charge on any atom is 0.275 e. The van der Waals surface area contributed by atoms with E-state index in [1.807, 2.05) is 0 Å². The molecule has 1 fully saturated rings. The lowest BCUT2D eigenvalue weighted by Crippen LogP contribution is -2.16. The minimum absolute atomic E-state index is 0.0361. The van der Waals surface area contributed by atoms with Crippen molar-refractivity contribution in [1.82, 2.24) is 20.0 Å². The van der Waals surface area contributed by atoms with Crippen LogP contribution in [0.1, 0.15) is 39.2 Å². The van der Waals surface area contributed by atoms with Crippen LogP contribution in [0.25, 0.3) is 0 Å². The Morgan fingerprint density at radius 1 is 1.74 bits per heavy atom. The van der Waals surface area contributed by atoms with Gasteiger partial charge in [-0.1, -0.05) is 0 Å². The van der Waals surface area contributed by atoms with Gasteiger partial charge in [-0.3, -0.25) is 14.6 Å². The van der Waals surface area contributed by atoms with Gasteiger partial charge in [0.05, 0.1) is 11.8 Å². The van der Waals surface area contributed by atoms with Gasteiger partial charge in [0.2, 0.25) is 0 Å². The van der Waals surface area contributed by atoms with E-state index in [1.165, 1.54) is 12.3 Å². The third-order valence-electron chi connectivity index (χ3n) is 2.99. The first-order chi connectivity index (χ1) is 10.4. The van der Waals surface area contributed by atoms with Crippen LogP contribution >= 0.6 is 0 Å². The van der Waals surface area contributed by atoms with E-state index in [1.54, 1.807) is 6.07 Å². The van der Waals surface area contributed by atoms with Gasteiger partial charge in [0.1, 0.15) is 5.69 Å². The molecule has 2 aromatic heterocycles. The van der Waals surface area contributed by atoms with Crippen molar-refractivity contribution in [2.24, 2.45) is 6.98 Å². The average Bonchev–Trinajstić information content (AvgIpc) is 3.19. The molecule has 0 aliphatic carbocycles. The number of hydrogen-bond donors (Lipinski definition) is 2. The first-order valence-electron chi connectivity index (χ1n) is 7.48. The fourth-order valence-electron chi connectivity index (χ4n) is 2.04. The van der Waals surface area contributed by atoms with Crippen molar-refractivity contribution in [1.29, 1.82) is 0 Å². The summed E-state index contributed by atoms with van der Waals surface area (Å²) in [6.45, 7) is -1.80. The standard InChI is InChI=1S/C12H15N5O2/c1-17-9(4-5-13-17)12(18)14-11-7-8(15-16-11)10-3-2-6-19-10/h4-5,7,10H,2-3,6H2,1H3,(H2,14,15,16,18)/i1D3. The number of amides is 1. The molecule has 1 aliphatic rings. The SMILES string of the molecule is [2H]C([2H])([2H])n1nccc1C(=O)Nc1cc(C2CCCO2)[nH]n1. The molecule has 7 heteroatoms. The second-order valence-electron chi connectivity index (χ2n) is 4.29. The highest BCUT2D eigenvalue weighted by Crippen LogP contribution is 2.28. The van der Waals surface area contributed by atoms with Gasteiger partial charge in [-0.15, -0.1) is 0 Å². The Morgan fingerprint density at radius 3 is 3.47 bits per heavy atom. The maximum absolute atomic E-state index is 12.2. The summed E-state index contributed by atoms with van der Waals surface area (Å²) in [5.74, 6) is -0.271. The van der Waals surface area contributed by atoms with Gasteiger partial charge in [-0.25, -0.2) is 0 Å². The lowest BCUT2D eigenvalue weighted by molar-refractivity contribution is 0.101. The molecule has 19 heavy (non-hydrogen) atoms. The van der Waals surface area contributed by atoms with E-state index < -0.39 is 12.9 Å². The first-order valence-corrected chi connectivity index (χ1v) is 5.98. The van der Waals surface area contributed by atoms with Crippen LogP contribution in [0.5, 0.6) is 0 Å². The van der Waals surface area contributed by atoms with Gasteiger partial charge in [0.25, 0.3) is 5.91 Å². The third kappa shape index (κ3) is 2.37. The van der Waals surface area contributed by atoms with Crippen LogP contribution in [0.3, 0.4) is 0 Å². The Balaban J connectivity index is 1.73. The smallest absolute Gasteiger partial charge is 0.275 e. The van der Waals surface area contributed by atoms with E-state index in [9.17, 15) is 4.79 Å². The van der Waals surface area contributed by atoms with Gasteiger partial charge in [0, 0.05) is 30.0 Å². The van der Waals surface area contributed by atoms with Gasteiger partial charge >= 0.3 is 0 Å². The van der Waals surface area contributed by atoms with Crippen molar-refractivity contribution >= 4 is 11.7 Å². The molecule has 1 unspecified atom stereocenters. The lowest BCUT2D eigenvalue weighted by Gasteiger charge is -2.04. The zero-order valence-corrected chi connectivity index (χ0v) is 10.1. The molecule has 1 aliphatic heterocycles. The van der Waals surface area contributed by atoms with E-state index in [0.717, 1.165) is 18.5 Å². The van der Waals surface area contributed by atoms with Crippen molar-refractivity contribution in [3.05, 3.63) is 29.7 Å². The minimum Gasteiger partial charge on any atom is -0.372 e. The maximum atomic E-state index is 12.2. The van der Waals surface area contributed by atoms with Crippen LogP contribution in [-0.2, 0) is 11.7 Å². The molecule has 0 bridgehead atoms. The van der Waals surface area contributed by atoms with Gasteiger partial charge in [0.15, 0.2) is 5.82 Å². The molecule has 7 nitrogen and oxygen atoms in total. The van der Waals surface area contributed by atoms with E-state index in [2.05, 4.69) is 20.6 Å². The molecule has 1 atom stereocenters. The predicted molar refractivity (Wildman–Crippen MR) is 67.7 cm³/mol. The van der Waals surface area contributed by atoms with Crippen LogP contribution in [0, 0.1) is 0 Å². The molecule has 100 valence electrons. The van der Waals surface area contributed by atoms with Crippen LogP contribution in [-0.4, -0.2) is 32.5 Å². The number of H-pyrrole nitrogens is 1. The molecular formula is C12H15N5O2. The summed E-state index contributed by atoms with van der Waals surface area (Å²) >= 11 is 0. The Labute approximate surface area is 114 Å². The molecular weight excluding hydrogens is 246 g/mol. The summed E-state index contributed by atoms with van der Waals surface area (Å²) in [6.07, 6.45) is 3.12. The van der Waals surface area contributed by atoms with Crippen LogP contribution in [0.15, 0.2) is 18.3 Å². The number of aromatic nitrogens is 4. The molecule has 0 radical (unpaired) electrons. The van der Waals surface area contributed by atoms with E-state index in [0.29, 0.717) is 17.1 Å². The number of nitrogens with one attached hydrogen (secondary N) is 2. The molecule has 0 saturated carbocycles. The van der Waals surface area contributed by atoms with Crippen molar-refractivity contribution in [2.75, 3.05) is 11.9 Å². The molecule has 0 spiro atoms. The number of rotatable bonds is 3. The average molecular weight is 264 g/mol. The molecule has 2 N–H and O–H groups in total. The van der Waals surface area contributed by atoms with Crippen LogP contribution < -0.4 is 5.32 Å². The third-order valence-corrected chi connectivity index (χ3v) is 2.99. The zero-order valence-electron chi connectivity index (χ0n) is 13.1. The zero-order chi connectivity index (χ0) is 15.7. The van der Waals surface area contributed by atoms with Crippen LogP contribution in [0.2, 0.25) is 0 Å². The molecule has 3 rings (SSSR count). The Hall–Kier alpha value is -2.15. The summed E-state index contributed by atoms with van der Waals surface area (Å²) in [4.78, 5) is 12.2. The normalized spacial score (nSPS) is 21.7. The van der Waals surface area contributed by atoms with Crippen molar-refractivity contribution in [3.63, 3.8) is 0 Å². The Kier molecular flexibility index (Phi) is 2.26. The highest BCUT2D eigenvalue weighted by molar-refractivity contribution is 6.02. The highest BCUT2D eigenvalue weighted by atomic mass is 16.5. The van der Waals surface area contributed by atoms with E-state index in [-0.39, 0.29) is 11.8 Å². The number of carbonyl (C=O) groups is 1. The topological polar surface area (TPSA) is 84.8 Å². The predicted octanol–water partition coefficient (Wildman–Crippen LogP) is 1.25. The van der Waals surface area contributed by atoms with Gasteiger partial charge in [-0.2, -0.15) is 10.2 Å². The fraction of sp³-hybridized carbons (Fsp3) is 0.417. The van der Waals surface area contributed by atoms with Gasteiger partial charge < -0.3 is 10.1 Å². The fourth-order valence-corrected chi connectivity index (χ4v) is 2.04. The number of hydrogen-bond acceptors (Lipinski definition) is 4. The number of ether oxygens (including phenoxy) is 1. The second-order valence-corrected chi connectivity index (χ2v) is 4.29. The lowest BCUT2D eigenvalue weighted by atomic mass is 10.2. The van der Waals surface area contributed by atoms with E-state index in [4.69, 9.17) is 8.85 Å². The number of aromatic amines is 1. The van der Waals surface area contributed by atoms with Crippen molar-refractivity contribution in [2.45, 2.75) is 18.9 Å². The first kappa shape index (κ1) is 8.87. The van der Waals surface area contributed by atoms with Crippen LogP contribution in [0.4, 0.5) is 5.82 Å². The Morgan fingerprint density at radius 2 is 2.68 bits per heavy atom. The largest absolute Gasteiger partial charge is 0.372 e. The minimum atomic E-state index is -2.51. The molecule has 1 saturated heterocycles. The number of carbonyl (C=O) groups excluding carboxylic acids is 1. The van der Waals surface area contributed by atoms with Crippen molar-refractivity contribution < 1.29 is 13.6 Å². The second kappa shape index (κ2) is 4.85. The monoisotopic (exact) mass is 264 g/mol.